The van der Waals surface area contributed by atoms with Crippen molar-refractivity contribution in [2.24, 2.45) is 5.84 Å². The van der Waals surface area contributed by atoms with Gasteiger partial charge in [0.2, 0.25) is 0 Å². The molecular weight excluding hydrogens is 102 g/mol. The summed E-state index contributed by atoms with van der Waals surface area (Å²) in [5, 5.41) is 0. The van der Waals surface area contributed by atoms with Crippen LogP contribution in [0.3, 0.4) is 0 Å². The van der Waals surface area contributed by atoms with Gasteiger partial charge in [-0.05, 0) is 11.8 Å². The normalized spacial score (nSPS) is 3.60. The maximum absolute atomic E-state index is 4.53. The summed E-state index contributed by atoms with van der Waals surface area (Å²) in [6.07, 6.45) is 0. The summed E-state index contributed by atoms with van der Waals surface area (Å²) < 4.78 is 0. The Balaban J connectivity index is -0.0000000200. The fourth-order valence-electron chi connectivity index (χ4n) is 0. The number of halogens is 1. The first-order valence-electron chi connectivity index (χ1n) is 0.478. The Labute approximate surface area is 57.5 Å². The van der Waals surface area contributed by atoms with Crippen molar-refractivity contribution >= 4 is 41.3 Å². The molecule has 0 radical (unpaired) electrons. The van der Waals surface area contributed by atoms with E-state index in [1.54, 1.807) is 4.94 Å². The second-order valence-corrected chi connectivity index (χ2v) is 0.327. The molecule has 0 aliphatic rings. The maximum atomic E-state index is 4.53. The summed E-state index contributed by atoms with van der Waals surface area (Å²) in [6, 6.07) is 0. The zero-order chi connectivity index (χ0) is 2.71. The van der Waals surface area contributed by atoms with Crippen molar-refractivity contribution in [1.82, 2.24) is 4.94 Å². The van der Waals surface area contributed by atoms with Gasteiger partial charge in [0.1, 0.15) is 0 Å². The Morgan fingerprint density at radius 2 is 1.60 bits per heavy atom. The molecule has 0 aromatic heterocycles. The third-order valence-electron chi connectivity index (χ3n) is 0. The Morgan fingerprint density at radius 1 is 1.60 bits per heavy atom. The first-order valence-corrected chi connectivity index (χ1v) is 0.856. The average molecular weight is 109 g/mol. The summed E-state index contributed by atoms with van der Waals surface area (Å²) in [7, 11) is 0. The Bertz CT molecular complexity index is 9.61. The molecular formula is H6ClN2NaO. The minimum absolute atomic E-state index is 0. The SMILES string of the molecule is NNCl.O.[NaH]. The van der Waals surface area contributed by atoms with Crippen molar-refractivity contribution in [2.75, 3.05) is 0 Å². The van der Waals surface area contributed by atoms with E-state index in [2.05, 4.69) is 17.6 Å². The first-order chi connectivity index (χ1) is 1.41. The summed E-state index contributed by atoms with van der Waals surface area (Å²) in [5.41, 5.74) is 0. The molecule has 0 saturated heterocycles. The van der Waals surface area contributed by atoms with Crippen LogP contribution >= 0.6 is 11.8 Å². The van der Waals surface area contributed by atoms with Crippen molar-refractivity contribution in [2.45, 2.75) is 0 Å². The van der Waals surface area contributed by atoms with Gasteiger partial charge < -0.3 is 5.48 Å². The van der Waals surface area contributed by atoms with E-state index in [4.69, 9.17) is 0 Å². The van der Waals surface area contributed by atoms with Crippen LogP contribution < -0.4 is 10.8 Å². The quantitative estimate of drug-likeness (QED) is 0.165. The number of hydrogen-bond acceptors (Lipinski definition) is 2. The fourth-order valence-corrected chi connectivity index (χ4v) is 0. The van der Waals surface area contributed by atoms with Gasteiger partial charge in [-0.2, -0.15) is 4.94 Å². The van der Waals surface area contributed by atoms with Crippen molar-refractivity contribution in [3.63, 3.8) is 0 Å². The number of rotatable bonds is 0. The van der Waals surface area contributed by atoms with E-state index in [0.29, 0.717) is 0 Å². The number of nitrogens with one attached hydrogen (secondary N) is 1. The number of hydrogen-bond donors (Lipinski definition) is 2. The molecule has 5 heavy (non-hydrogen) atoms. The van der Waals surface area contributed by atoms with Crippen LogP contribution in [0, 0.1) is 0 Å². The van der Waals surface area contributed by atoms with Crippen molar-refractivity contribution in [3.05, 3.63) is 0 Å². The predicted molar refractivity (Wildman–Crippen MR) is 23.9 cm³/mol. The first kappa shape index (κ1) is 16.4. The van der Waals surface area contributed by atoms with Crippen molar-refractivity contribution in [3.8, 4) is 0 Å². The van der Waals surface area contributed by atoms with Crippen LogP contribution in [0.25, 0.3) is 0 Å². The average Bonchev–Trinajstić information content (AvgIpc) is 0.918. The molecule has 0 aromatic rings. The van der Waals surface area contributed by atoms with E-state index in [1.807, 2.05) is 0 Å². The van der Waals surface area contributed by atoms with E-state index < -0.39 is 0 Å². The van der Waals surface area contributed by atoms with Crippen molar-refractivity contribution in [1.29, 1.82) is 0 Å². The summed E-state index contributed by atoms with van der Waals surface area (Å²) >= 11 is 4.53. The molecule has 0 heterocycles. The van der Waals surface area contributed by atoms with E-state index in [9.17, 15) is 0 Å². The molecule has 0 fully saturated rings. The zero-order valence-corrected chi connectivity index (χ0v) is 2.71. The molecule has 3 nitrogen and oxygen atoms in total. The summed E-state index contributed by atoms with van der Waals surface area (Å²) in [5.74, 6) is 4.36. The number of nitrogens with two attached hydrogens (primary N) is 1. The molecule has 0 unspecified atom stereocenters. The predicted octanol–water partition coefficient (Wildman–Crippen LogP) is -1.87. The summed E-state index contributed by atoms with van der Waals surface area (Å²) in [4.78, 5) is 1.72. The third kappa shape index (κ3) is 38.0. The van der Waals surface area contributed by atoms with Gasteiger partial charge in [0.25, 0.3) is 0 Å². The zero-order valence-electron chi connectivity index (χ0n) is 1.96. The topological polar surface area (TPSA) is 69.5 Å². The molecule has 0 bridgehead atoms. The Morgan fingerprint density at radius 3 is 1.60 bits per heavy atom. The van der Waals surface area contributed by atoms with E-state index in [-0.39, 0.29) is 35.0 Å². The molecule has 0 aromatic carbocycles. The van der Waals surface area contributed by atoms with E-state index >= 15 is 0 Å². The molecule has 0 saturated carbocycles. The van der Waals surface area contributed by atoms with Gasteiger partial charge in [0.05, 0.1) is 0 Å². The third-order valence-corrected chi connectivity index (χ3v) is 0. The second-order valence-electron chi connectivity index (χ2n) is 0.109. The molecule has 0 aliphatic carbocycles. The van der Waals surface area contributed by atoms with Gasteiger partial charge in [0.15, 0.2) is 0 Å². The van der Waals surface area contributed by atoms with Crippen LogP contribution in [-0.2, 0) is 0 Å². The van der Waals surface area contributed by atoms with Crippen LogP contribution in [0.4, 0.5) is 0 Å². The van der Waals surface area contributed by atoms with Gasteiger partial charge in [-0.25, -0.2) is 0 Å². The summed E-state index contributed by atoms with van der Waals surface area (Å²) in [6.45, 7) is 0. The van der Waals surface area contributed by atoms with Crippen LogP contribution in [0.2, 0.25) is 0 Å². The second kappa shape index (κ2) is 19.1. The molecule has 0 spiro atoms. The molecule has 0 aliphatic heterocycles. The number of hydrazine groups is 1. The molecule has 30 valence electrons. The van der Waals surface area contributed by atoms with Crippen LogP contribution in [0.15, 0.2) is 0 Å². The molecule has 5 heteroatoms. The van der Waals surface area contributed by atoms with Gasteiger partial charge >= 0.3 is 29.6 Å². The fraction of sp³-hybridized carbons (Fsp3) is 0. The monoisotopic (exact) mass is 108 g/mol. The molecule has 0 atom stereocenters. The minimum atomic E-state index is 0. The Hall–Kier alpha value is 1.17. The van der Waals surface area contributed by atoms with Crippen LogP contribution in [0.1, 0.15) is 0 Å². The van der Waals surface area contributed by atoms with Gasteiger partial charge in [0, 0.05) is 0 Å². The van der Waals surface area contributed by atoms with Gasteiger partial charge in [-0.3, -0.25) is 5.84 Å². The van der Waals surface area contributed by atoms with E-state index in [1.165, 1.54) is 0 Å². The molecule has 5 N–H and O–H groups in total. The standard InChI is InChI=1S/ClH3N2.Na.H2O.H/c1-3-2;;;/h3H,2H2;;1H2;. The van der Waals surface area contributed by atoms with Crippen LogP contribution in [0.5, 0.6) is 0 Å². The Kier molecular flexibility index (Phi) is 62.7. The van der Waals surface area contributed by atoms with Crippen molar-refractivity contribution < 1.29 is 5.48 Å². The van der Waals surface area contributed by atoms with Gasteiger partial charge in [-0.15, -0.1) is 0 Å². The molecule has 0 rings (SSSR count). The van der Waals surface area contributed by atoms with E-state index in [0.717, 1.165) is 0 Å². The molecule has 0 amide bonds. The van der Waals surface area contributed by atoms with Gasteiger partial charge in [-0.1, -0.05) is 0 Å². The van der Waals surface area contributed by atoms with Crippen LogP contribution in [-0.4, -0.2) is 35.0 Å².